The van der Waals surface area contributed by atoms with E-state index in [9.17, 15) is 13.2 Å². The van der Waals surface area contributed by atoms with Gasteiger partial charge in [-0.2, -0.15) is 0 Å². The summed E-state index contributed by atoms with van der Waals surface area (Å²) >= 11 is 0. The summed E-state index contributed by atoms with van der Waals surface area (Å²) in [6.07, 6.45) is 0.182. The number of rotatable bonds is 8. The minimum absolute atomic E-state index is 0.0637. The molecule has 0 spiro atoms. The molecular formula is C20H21N3O5S. The predicted octanol–water partition coefficient (Wildman–Crippen LogP) is 2.78. The second-order valence-corrected chi connectivity index (χ2v) is 8.57. The number of sulfone groups is 1. The Morgan fingerprint density at radius 3 is 2.41 bits per heavy atom. The van der Waals surface area contributed by atoms with Crippen molar-refractivity contribution in [3.05, 3.63) is 65.5 Å². The van der Waals surface area contributed by atoms with Crippen LogP contribution in [0.1, 0.15) is 23.4 Å². The molecule has 8 nitrogen and oxygen atoms in total. The normalized spacial score (nSPS) is 11.2. The molecule has 1 amide bonds. The van der Waals surface area contributed by atoms with Gasteiger partial charge in [-0.25, -0.2) is 8.42 Å². The number of aromatic nitrogens is 2. The van der Waals surface area contributed by atoms with Crippen LogP contribution in [-0.2, 0) is 21.1 Å². The van der Waals surface area contributed by atoms with Gasteiger partial charge in [0.05, 0.1) is 24.2 Å². The third-order valence-corrected chi connectivity index (χ3v) is 5.94. The van der Waals surface area contributed by atoms with Gasteiger partial charge < -0.3 is 9.15 Å². The molecule has 1 N–H and O–H groups in total. The zero-order valence-electron chi connectivity index (χ0n) is 16.1. The monoisotopic (exact) mass is 415 g/mol. The molecule has 0 unspecified atom stereocenters. The van der Waals surface area contributed by atoms with Crippen molar-refractivity contribution in [3.63, 3.8) is 0 Å². The number of aryl methyl sites for hydroxylation is 1. The van der Waals surface area contributed by atoms with E-state index in [0.717, 1.165) is 16.9 Å². The predicted molar refractivity (Wildman–Crippen MR) is 107 cm³/mol. The van der Waals surface area contributed by atoms with E-state index in [1.54, 1.807) is 19.2 Å². The maximum Gasteiger partial charge on any atom is 0.322 e. The number of ether oxygens (including phenoxy) is 1. The van der Waals surface area contributed by atoms with E-state index < -0.39 is 15.7 Å². The molecule has 0 aliphatic rings. The van der Waals surface area contributed by atoms with Gasteiger partial charge in [0.1, 0.15) is 5.75 Å². The van der Waals surface area contributed by atoms with Crippen molar-refractivity contribution in [1.29, 1.82) is 0 Å². The largest absolute Gasteiger partial charge is 0.497 e. The minimum Gasteiger partial charge on any atom is -0.497 e. The average molecular weight is 415 g/mol. The summed E-state index contributed by atoms with van der Waals surface area (Å²) in [5.41, 5.74) is 1.90. The number of hydrogen-bond donors (Lipinski definition) is 1. The molecule has 1 heterocycles. The fraction of sp³-hybridized carbons (Fsp3) is 0.250. The van der Waals surface area contributed by atoms with Gasteiger partial charge in [0.25, 0.3) is 0 Å². The topological polar surface area (TPSA) is 111 Å². The number of methoxy groups -OCH3 is 1. The van der Waals surface area contributed by atoms with Crippen molar-refractivity contribution >= 4 is 21.8 Å². The molecule has 29 heavy (non-hydrogen) atoms. The van der Waals surface area contributed by atoms with Crippen LogP contribution in [0.15, 0.2) is 57.8 Å². The smallest absolute Gasteiger partial charge is 0.322 e. The van der Waals surface area contributed by atoms with E-state index in [1.807, 2.05) is 31.2 Å². The summed E-state index contributed by atoms with van der Waals surface area (Å²) in [6, 6.07) is 13.8. The number of carbonyl (C=O) groups excluding carboxylic acids is 1. The lowest BCUT2D eigenvalue weighted by atomic mass is 10.1. The average Bonchev–Trinajstić information content (AvgIpc) is 3.14. The molecule has 0 bridgehead atoms. The van der Waals surface area contributed by atoms with Crippen molar-refractivity contribution < 1.29 is 22.4 Å². The van der Waals surface area contributed by atoms with Gasteiger partial charge in [0.15, 0.2) is 9.84 Å². The molecule has 0 radical (unpaired) electrons. The Hall–Kier alpha value is -3.20. The lowest BCUT2D eigenvalue weighted by molar-refractivity contribution is -0.116. The van der Waals surface area contributed by atoms with Crippen molar-refractivity contribution in [2.75, 3.05) is 18.2 Å². The maximum atomic E-state index is 12.3. The van der Waals surface area contributed by atoms with Gasteiger partial charge >= 0.3 is 6.01 Å². The maximum absolute atomic E-state index is 12.3. The van der Waals surface area contributed by atoms with E-state index in [4.69, 9.17) is 9.15 Å². The van der Waals surface area contributed by atoms with Crippen LogP contribution in [0.2, 0.25) is 0 Å². The van der Waals surface area contributed by atoms with Gasteiger partial charge in [0, 0.05) is 6.42 Å². The fourth-order valence-corrected chi connectivity index (χ4v) is 3.81. The number of nitrogens with one attached hydrogen (secondary N) is 1. The summed E-state index contributed by atoms with van der Waals surface area (Å²) in [4.78, 5) is 12.3. The van der Waals surface area contributed by atoms with Gasteiger partial charge in [0.2, 0.25) is 11.8 Å². The Morgan fingerprint density at radius 2 is 1.76 bits per heavy atom. The molecule has 0 aliphatic carbocycles. The Bertz CT molecular complexity index is 1070. The Labute approximate surface area is 168 Å². The molecule has 2 aromatic carbocycles. The highest BCUT2D eigenvalue weighted by Crippen LogP contribution is 2.16. The van der Waals surface area contributed by atoms with E-state index in [1.165, 1.54) is 12.1 Å². The molecule has 3 aromatic rings. The van der Waals surface area contributed by atoms with Gasteiger partial charge in [-0.05, 0) is 36.8 Å². The zero-order chi connectivity index (χ0) is 20.9. The highest BCUT2D eigenvalue weighted by Gasteiger charge is 2.17. The van der Waals surface area contributed by atoms with Crippen LogP contribution in [0.4, 0.5) is 6.01 Å². The lowest BCUT2D eigenvalue weighted by Gasteiger charge is -2.04. The van der Waals surface area contributed by atoms with Crippen LogP contribution in [0, 0.1) is 6.92 Å². The molecule has 152 valence electrons. The molecule has 9 heteroatoms. The molecule has 0 aliphatic heterocycles. The highest BCUT2D eigenvalue weighted by molar-refractivity contribution is 7.91. The summed E-state index contributed by atoms with van der Waals surface area (Å²) in [6.45, 7) is 1.87. The van der Waals surface area contributed by atoms with E-state index in [-0.39, 0.29) is 23.1 Å². The molecule has 0 atom stereocenters. The standard InChI is InChI=1S/C20H21N3O5S/c1-14-3-9-17(10-4-14)29(25,26)12-11-18(24)21-20-23-22-19(28-20)13-15-5-7-16(27-2)8-6-15/h3-10H,11-13H2,1-2H3,(H,21,23,24). The van der Waals surface area contributed by atoms with Gasteiger partial charge in [-0.1, -0.05) is 34.9 Å². The number of benzene rings is 2. The SMILES string of the molecule is COc1ccc(Cc2nnc(NC(=O)CCS(=O)(=O)c3ccc(C)cc3)o2)cc1. The molecule has 0 saturated heterocycles. The number of anilines is 1. The molecule has 0 saturated carbocycles. The van der Waals surface area contributed by atoms with Crippen LogP contribution in [-0.4, -0.2) is 37.4 Å². The van der Waals surface area contributed by atoms with Crippen molar-refractivity contribution in [2.24, 2.45) is 0 Å². The van der Waals surface area contributed by atoms with E-state index in [2.05, 4.69) is 15.5 Å². The van der Waals surface area contributed by atoms with Crippen LogP contribution < -0.4 is 10.1 Å². The second-order valence-electron chi connectivity index (χ2n) is 6.46. The number of carbonyl (C=O) groups is 1. The molecule has 1 aromatic heterocycles. The first-order chi connectivity index (χ1) is 13.9. The van der Waals surface area contributed by atoms with Gasteiger partial charge in [-0.3, -0.25) is 10.1 Å². The summed E-state index contributed by atoms with van der Waals surface area (Å²) < 4.78 is 35.1. The lowest BCUT2D eigenvalue weighted by Crippen LogP contribution is -2.17. The van der Waals surface area contributed by atoms with Crippen LogP contribution in [0.25, 0.3) is 0 Å². The van der Waals surface area contributed by atoms with Gasteiger partial charge in [-0.15, -0.1) is 5.10 Å². The third kappa shape index (κ3) is 5.64. The summed E-state index contributed by atoms with van der Waals surface area (Å²) in [7, 11) is -1.95. The Balaban J connectivity index is 1.53. The molecule has 0 fully saturated rings. The highest BCUT2D eigenvalue weighted by atomic mass is 32.2. The first kappa shape index (κ1) is 20.5. The van der Waals surface area contributed by atoms with Crippen LogP contribution in [0.5, 0.6) is 5.75 Å². The Kier molecular flexibility index (Phi) is 6.28. The number of amides is 1. The first-order valence-corrected chi connectivity index (χ1v) is 10.6. The van der Waals surface area contributed by atoms with E-state index >= 15 is 0 Å². The minimum atomic E-state index is -3.54. The van der Waals surface area contributed by atoms with Crippen molar-refractivity contribution in [3.8, 4) is 5.75 Å². The second kappa shape index (κ2) is 8.87. The number of nitrogens with zero attached hydrogens (tertiary/aromatic N) is 2. The summed E-state index contributed by atoms with van der Waals surface area (Å²) in [5.74, 6) is 0.250. The third-order valence-electron chi connectivity index (χ3n) is 4.21. The van der Waals surface area contributed by atoms with Crippen LogP contribution in [0.3, 0.4) is 0 Å². The number of hydrogen-bond acceptors (Lipinski definition) is 7. The van der Waals surface area contributed by atoms with E-state index in [0.29, 0.717) is 12.3 Å². The van der Waals surface area contributed by atoms with Crippen molar-refractivity contribution in [1.82, 2.24) is 10.2 Å². The quantitative estimate of drug-likeness (QED) is 0.602. The fourth-order valence-electron chi connectivity index (χ4n) is 2.57. The first-order valence-electron chi connectivity index (χ1n) is 8.90. The molecule has 3 rings (SSSR count). The summed E-state index contributed by atoms with van der Waals surface area (Å²) in [5, 5.41) is 10.1. The van der Waals surface area contributed by atoms with Crippen LogP contribution >= 0.6 is 0 Å². The molecular weight excluding hydrogens is 394 g/mol. The van der Waals surface area contributed by atoms with Crippen molar-refractivity contribution in [2.45, 2.75) is 24.7 Å². The Morgan fingerprint density at radius 1 is 1.07 bits per heavy atom. The zero-order valence-corrected chi connectivity index (χ0v) is 16.9.